The quantitative estimate of drug-likeness (QED) is 0.666. The van der Waals surface area contributed by atoms with Crippen LogP contribution in [-0.4, -0.2) is 53.9 Å². The van der Waals surface area contributed by atoms with Crippen molar-refractivity contribution in [1.29, 1.82) is 0 Å². The molecule has 2 fully saturated rings. The van der Waals surface area contributed by atoms with Crippen molar-refractivity contribution in [2.24, 2.45) is 5.73 Å². The van der Waals surface area contributed by atoms with Gasteiger partial charge in [-0.25, -0.2) is 0 Å². The monoisotopic (exact) mass is 228 g/mol. The van der Waals surface area contributed by atoms with Crippen LogP contribution in [0.2, 0.25) is 0 Å². The van der Waals surface area contributed by atoms with Crippen molar-refractivity contribution < 1.29 is 14.6 Å². The predicted molar refractivity (Wildman–Crippen MR) is 58.7 cm³/mol. The number of amides is 1. The molecular formula is C11H20N2O3. The van der Waals surface area contributed by atoms with E-state index in [1.54, 1.807) is 7.11 Å². The molecule has 1 aliphatic carbocycles. The van der Waals surface area contributed by atoms with Crippen LogP contribution in [0.15, 0.2) is 0 Å². The summed E-state index contributed by atoms with van der Waals surface area (Å²) in [4.78, 5) is 13.7. The Morgan fingerprint density at radius 1 is 1.44 bits per heavy atom. The van der Waals surface area contributed by atoms with E-state index in [0.717, 1.165) is 25.8 Å². The minimum atomic E-state index is -0.343. The molecule has 5 nitrogen and oxygen atoms in total. The van der Waals surface area contributed by atoms with Crippen molar-refractivity contribution in [3.05, 3.63) is 0 Å². The van der Waals surface area contributed by atoms with E-state index in [4.69, 9.17) is 10.5 Å². The first-order valence-corrected chi connectivity index (χ1v) is 5.90. The summed E-state index contributed by atoms with van der Waals surface area (Å²) in [5.74, 6) is 0.0310. The Morgan fingerprint density at radius 3 is 2.75 bits per heavy atom. The van der Waals surface area contributed by atoms with Gasteiger partial charge in [-0.15, -0.1) is 0 Å². The second-order valence-electron chi connectivity index (χ2n) is 4.74. The van der Waals surface area contributed by atoms with Gasteiger partial charge in [0.15, 0.2) is 0 Å². The molecule has 2 rings (SSSR count). The number of hydrogen-bond donors (Lipinski definition) is 2. The van der Waals surface area contributed by atoms with Crippen molar-refractivity contribution in [1.82, 2.24) is 4.90 Å². The molecule has 5 heteroatoms. The Labute approximate surface area is 95.5 Å². The van der Waals surface area contributed by atoms with Gasteiger partial charge in [0, 0.05) is 20.1 Å². The lowest BCUT2D eigenvalue weighted by atomic mass is 9.89. The van der Waals surface area contributed by atoms with Crippen LogP contribution < -0.4 is 5.73 Å². The number of nitrogens with two attached hydrogens (primary N) is 1. The number of likely N-dealkylation sites (tertiary alicyclic amines) is 1. The Hall–Kier alpha value is -0.650. The summed E-state index contributed by atoms with van der Waals surface area (Å²) in [7, 11) is 1.64. The second-order valence-corrected chi connectivity index (χ2v) is 4.74. The van der Waals surface area contributed by atoms with Gasteiger partial charge in [-0.1, -0.05) is 0 Å². The Morgan fingerprint density at radius 2 is 2.19 bits per heavy atom. The molecule has 1 aliphatic heterocycles. The molecule has 0 aromatic carbocycles. The number of carbonyl (C=O) groups is 1. The highest BCUT2D eigenvalue weighted by molar-refractivity contribution is 5.84. The van der Waals surface area contributed by atoms with Crippen LogP contribution in [0.5, 0.6) is 0 Å². The number of aliphatic hydroxyl groups excluding tert-OH is 1. The summed E-state index contributed by atoms with van der Waals surface area (Å²) >= 11 is 0. The molecule has 0 bridgehead atoms. The molecule has 0 unspecified atom stereocenters. The predicted octanol–water partition coefficient (Wildman–Crippen LogP) is -0.526. The van der Waals surface area contributed by atoms with E-state index < -0.39 is 0 Å². The summed E-state index contributed by atoms with van der Waals surface area (Å²) in [5.41, 5.74) is 5.71. The Balaban J connectivity index is 2.05. The molecule has 16 heavy (non-hydrogen) atoms. The molecule has 1 amide bonds. The average Bonchev–Trinajstić information content (AvgIpc) is 2.60. The molecule has 0 aromatic rings. The van der Waals surface area contributed by atoms with Gasteiger partial charge >= 0.3 is 0 Å². The highest BCUT2D eigenvalue weighted by Gasteiger charge is 2.40. The maximum Gasteiger partial charge on any atom is 0.239 e. The average molecular weight is 228 g/mol. The van der Waals surface area contributed by atoms with Crippen molar-refractivity contribution in [3.8, 4) is 0 Å². The Bertz CT molecular complexity index is 272. The van der Waals surface area contributed by atoms with Crippen molar-refractivity contribution in [2.75, 3.05) is 13.7 Å². The molecule has 0 aromatic heterocycles. The first-order valence-electron chi connectivity index (χ1n) is 5.90. The van der Waals surface area contributed by atoms with Crippen LogP contribution in [0.25, 0.3) is 0 Å². The van der Waals surface area contributed by atoms with Crippen LogP contribution in [0.1, 0.15) is 25.7 Å². The molecular weight excluding hydrogens is 208 g/mol. The molecule has 92 valence electrons. The summed E-state index contributed by atoms with van der Waals surface area (Å²) in [5, 5.41) is 9.58. The van der Waals surface area contributed by atoms with Gasteiger partial charge in [0.05, 0.1) is 24.3 Å². The topological polar surface area (TPSA) is 75.8 Å². The van der Waals surface area contributed by atoms with E-state index in [1.807, 2.05) is 4.90 Å². The fourth-order valence-electron chi connectivity index (χ4n) is 2.76. The molecule has 2 aliphatic rings. The number of nitrogens with zero attached hydrogens (tertiary/aromatic N) is 1. The summed E-state index contributed by atoms with van der Waals surface area (Å²) < 4.78 is 5.38. The van der Waals surface area contributed by atoms with E-state index in [-0.39, 0.29) is 30.2 Å². The van der Waals surface area contributed by atoms with Crippen molar-refractivity contribution in [3.63, 3.8) is 0 Å². The second kappa shape index (κ2) is 4.69. The number of aliphatic hydroxyl groups is 1. The molecule has 3 N–H and O–H groups in total. The molecule has 0 spiro atoms. The molecule has 1 saturated heterocycles. The van der Waals surface area contributed by atoms with Crippen LogP contribution >= 0.6 is 0 Å². The fraction of sp³-hybridized carbons (Fsp3) is 0.909. The first kappa shape index (κ1) is 11.8. The lowest BCUT2D eigenvalue weighted by Gasteiger charge is -2.38. The van der Waals surface area contributed by atoms with Crippen molar-refractivity contribution >= 4 is 5.91 Å². The molecule has 0 radical (unpaired) electrons. The van der Waals surface area contributed by atoms with Gasteiger partial charge in [0.25, 0.3) is 0 Å². The smallest absolute Gasteiger partial charge is 0.239 e. The van der Waals surface area contributed by atoms with Gasteiger partial charge in [0.2, 0.25) is 5.91 Å². The summed E-state index contributed by atoms with van der Waals surface area (Å²) in [6.07, 6.45) is 2.53. The standard InChI is InChI=1S/C11H20N2O3/c1-16-10-6-7(14)2-3-9(10)13-5-4-8(12)11(13)15/h7-10,14H,2-6,12H2,1H3/t7-,8-,9-,10+/m0/s1. The number of ether oxygens (including phenoxy) is 1. The number of carbonyl (C=O) groups excluding carboxylic acids is 1. The maximum atomic E-state index is 11.8. The molecule has 4 atom stereocenters. The highest BCUT2D eigenvalue weighted by Crippen LogP contribution is 2.28. The minimum Gasteiger partial charge on any atom is -0.393 e. The van der Waals surface area contributed by atoms with Gasteiger partial charge < -0.3 is 20.5 Å². The fourth-order valence-corrected chi connectivity index (χ4v) is 2.76. The maximum absolute atomic E-state index is 11.8. The lowest BCUT2D eigenvalue weighted by molar-refractivity contribution is -0.136. The number of rotatable bonds is 2. The van der Waals surface area contributed by atoms with Crippen LogP contribution in [0.3, 0.4) is 0 Å². The van der Waals surface area contributed by atoms with Crippen molar-refractivity contribution in [2.45, 2.75) is 50.0 Å². The zero-order valence-electron chi connectivity index (χ0n) is 9.63. The van der Waals surface area contributed by atoms with Gasteiger partial charge in [-0.3, -0.25) is 4.79 Å². The molecule has 1 heterocycles. The highest BCUT2D eigenvalue weighted by atomic mass is 16.5. The minimum absolute atomic E-state index is 0.0310. The van der Waals surface area contributed by atoms with E-state index in [9.17, 15) is 9.90 Å². The largest absolute Gasteiger partial charge is 0.393 e. The van der Waals surface area contributed by atoms with E-state index in [0.29, 0.717) is 6.42 Å². The zero-order valence-corrected chi connectivity index (χ0v) is 9.63. The van der Waals surface area contributed by atoms with Gasteiger partial charge in [-0.2, -0.15) is 0 Å². The van der Waals surface area contributed by atoms with Gasteiger partial charge in [-0.05, 0) is 19.3 Å². The first-order chi connectivity index (χ1) is 7.63. The third-order valence-corrected chi connectivity index (χ3v) is 3.71. The SMILES string of the molecule is CO[C@@H]1C[C@@H](O)CC[C@@H]1N1CC[C@H](N)C1=O. The molecule has 1 saturated carbocycles. The summed E-state index contributed by atoms with van der Waals surface area (Å²) in [6.45, 7) is 0.723. The number of hydrogen-bond acceptors (Lipinski definition) is 4. The van der Waals surface area contributed by atoms with Crippen LogP contribution in [0.4, 0.5) is 0 Å². The van der Waals surface area contributed by atoms with Gasteiger partial charge in [0.1, 0.15) is 0 Å². The van der Waals surface area contributed by atoms with E-state index in [1.165, 1.54) is 0 Å². The van der Waals surface area contributed by atoms with E-state index in [2.05, 4.69) is 0 Å². The van der Waals surface area contributed by atoms with Crippen LogP contribution in [0, 0.1) is 0 Å². The van der Waals surface area contributed by atoms with E-state index >= 15 is 0 Å². The summed E-state index contributed by atoms with van der Waals surface area (Å²) in [6, 6.07) is -0.251. The van der Waals surface area contributed by atoms with Crippen LogP contribution in [-0.2, 0) is 9.53 Å². The zero-order chi connectivity index (χ0) is 11.7. The lowest BCUT2D eigenvalue weighted by Crippen LogP contribution is -2.51. The number of methoxy groups -OCH3 is 1. The third kappa shape index (κ3) is 2.07. The normalized spacial score (nSPS) is 40.4. The third-order valence-electron chi connectivity index (χ3n) is 3.71. The Kier molecular flexibility index (Phi) is 3.47.